The zero-order chi connectivity index (χ0) is 31.6. The molecule has 0 aliphatic carbocycles. The summed E-state index contributed by atoms with van der Waals surface area (Å²) in [4.78, 5) is 0.104. The van der Waals surface area contributed by atoms with E-state index in [2.05, 4.69) is 6.92 Å². The standard InChI is InChI=1S/C32H51N2O7PS/c1-5-8-22-39-32(31(33)26-28-15-12-11-13-16-28)27-34(43(36,37)30-19-17-29(38-4)18-20-30)21-14-25-42(35,40-23-9-6-2)41-24-10-7-3/h11-20,25,31-32H,5-10,21-24,26-27,33H2,1-4H3/b25-14+. The Hall–Kier alpha value is -2.04. The van der Waals surface area contributed by atoms with E-state index in [1.165, 1.54) is 29.4 Å². The molecule has 2 atom stereocenters. The highest BCUT2D eigenvalue weighted by Crippen LogP contribution is 2.50. The fraction of sp³-hybridized carbons (Fsp3) is 0.562. The molecule has 0 aromatic heterocycles. The van der Waals surface area contributed by atoms with Crippen LogP contribution in [0.5, 0.6) is 5.75 Å². The van der Waals surface area contributed by atoms with Crippen molar-refractivity contribution < 1.29 is 31.5 Å². The van der Waals surface area contributed by atoms with E-state index in [0.29, 0.717) is 32.0 Å². The third-order valence-electron chi connectivity index (χ3n) is 6.84. The minimum absolute atomic E-state index is 0.00804. The van der Waals surface area contributed by atoms with E-state index in [1.807, 2.05) is 44.2 Å². The van der Waals surface area contributed by atoms with Gasteiger partial charge in [0.1, 0.15) is 5.75 Å². The summed E-state index contributed by atoms with van der Waals surface area (Å²) in [6, 6.07) is 15.6. The minimum Gasteiger partial charge on any atom is -0.497 e. The fourth-order valence-corrected chi connectivity index (χ4v) is 6.94. The maximum absolute atomic E-state index is 14.0. The molecular formula is C32H51N2O7PS. The summed E-state index contributed by atoms with van der Waals surface area (Å²) in [6.07, 6.45) is 6.49. The molecule has 0 aliphatic rings. The summed E-state index contributed by atoms with van der Waals surface area (Å²) in [5.74, 6) is 1.93. The Kier molecular flexibility index (Phi) is 17.3. The second-order valence-electron chi connectivity index (χ2n) is 10.4. The van der Waals surface area contributed by atoms with Gasteiger partial charge >= 0.3 is 7.60 Å². The van der Waals surface area contributed by atoms with Crippen LogP contribution in [0.2, 0.25) is 0 Å². The monoisotopic (exact) mass is 638 g/mol. The zero-order valence-electron chi connectivity index (χ0n) is 26.2. The molecule has 0 heterocycles. The van der Waals surface area contributed by atoms with Crippen molar-refractivity contribution in [2.24, 2.45) is 5.73 Å². The SMILES string of the molecule is CCCCOC(CN(C/C=C/P(=O)(OCCCC)OCCCC)S(=O)(=O)c1ccc(OC)cc1)C(N)Cc1ccccc1. The largest absolute Gasteiger partial charge is 0.497 e. The number of ether oxygens (including phenoxy) is 2. The first kappa shape index (κ1) is 37.1. The lowest BCUT2D eigenvalue weighted by Gasteiger charge is -2.30. The predicted octanol–water partition coefficient (Wildman–Crippen LogP) is 6.78. The number of methoxy groups -OCH3 is 1. The van der Waals surface area contributed by atoms with Gasteiger partial charge in [0.25, 0.3) is 0 Å². The second kappa shape index (κ2) is 20.1. The van der Waals surface area contributed by atoms with Crippen LogP contribution in [0.3, 0.4) is 0 Å². The summed E-state index contributed by atoms with van der Waals surface area (Å²) >= 11 is 0. The molecule has 9 nitrogen and oxygen atoms in total. The van der Waals surface area contributed by atoms with Gasteiger partial charge in [0.15, 0.2) is 0 Å². The molecule has 0 aliphatic heterocycles. The van der Waals surface area contributed by atoms with Gasteiger partial charge in [0.2, 0.25) is 10.0 Å². The van der Waals surface area contributed by atoms with Crippen LogP contribution < -0.4 is 10.5 Å². The molecule has 2 aromatic rings. The van der Waals surface area contributed by atoms with Gasteiger partial charge in [-0.2, -0.15) is 4.31 Å². The molecular weight excluding hydrogens is 587 g/mol. The van der Waals surface area contributed by atoms with Crippen molar-refractivity contribution in [1.82, 2.24) is 4.31 Å². The van der Waals surface area contributed by atoms with Crippen molar-refractivity contribution in [2.45, 2.75) is 82.8 Å². The second-order valence-corrected chi connectivity index (χ2v) is 14.2. The highest BCUT2D eigenvalue weighted by atomic mass is 32.2. The average Bonchev–Trinajstić information content (AvgIpc) is 3.00. The molecule has 2 N–H and O–H groups in total. The van der Waals surface area contributed by atoms with E-state index in [1.54, 1.807) is 18.2 Å². The van der Waals surface area contributed by atoms with Gasteiger partial charge < -0.3 is 24.3 Å². The first-order valence-corrected chi connectivity index (χ1v) is 18.4. The van der Waals surface area contributed by atoms with Gasteiger partial charge in [-0.3, -0.25) is 4.57 Å². The van der Waals surface area contributed by atoms with Crippen LogP contribution in [0, 0.1) is 0 Å². The summed E-state index contributed by atoms with van der Waals surface area (Å²) < 4.78 is 65.5. The molecule has 2 unspecified atom stereocenters. The van der Waals surface area contributed by atoms with Crippen molar-refractivity contribution in [1.29, 1.82) is 0 Å². The lowest BCUT2D eigenvalue weighted by Crippen LogP contribution is -2.48. The first-order chi connectivity index (χ1) is 20.7. The third-order valence-corrected chi connectivity index (χ3v) is 10.3. The van der Waals surface area contributed by atoms with Crippen LogP contribution in [-0.4, -0.2) is 64.9 Å². The number of unbranched alkanes of at least 4 members (excludes halogenated alkanes) is 3. The van der Waals surface area contributed by atoms with Crippen LogP contribution >= 0.6 is 7.60 Å². The Labute approximate surface area is 259 Å². The summed E-state index contributed by atoms with van der Waals surface area (Å²) in [6.45, 7) is 7.08. The van der Waals surface area contributed by atoms with E-state index >= 15 is 0 Å². The molecule has 2 aromatic carbocycles. The van der Waals surface area contributed by atoms with E-state index < -0.39 is 29.8 Å². The predicted molar refractivity (Wildman–Crippen MR) is 173 cm³/mol. The number of hydrogen-bond donors (Lipinski definition) is 1. The Morgan fingerprint density at radius 3 is 2.02 bits per heavy atom. The average molecular weight is 639 g/mol. The van der Waals surface area contributed by atoms with Gasteiger partial charge in [0.05, 0.1) is 31.3 Å². The minimum atomic E-state index is -4.00. The van der Waals surface area contributed by atoms with Crippen LogP contribution in [0.25, 0.3) is 0 Å². The highest BCUT2D eigenvalue weighted by Gasteiger charge is 2.30. The number of rotatable bonds is 23. The fourth-order valence-electron chi connectivity index (χ4n) is 4.17. The van der Waals surface area contributed by atoms with E-state index in [-0.39, 0.29) is 18.0 Å². The van der Waals surface area contributed by atoms with Crippen molar-refractivity contribution >= 4 is 17.6 Å². The zero-order valence-corrected chi connectivity index (χ0v) is 27.9. The maximum Gasteiger partial charge on any atom is 0.353 e. The molecule has 0 radical (unpaired) electrons. The molecule has 242 valence electrons. The summed E-state index contributed by atoms with van der Waals surface area (Å²) in [7, 11) is -6.04. The summed E-state index contributed by atoms with van der Waals surface area (Å²) in [5, 5.41) is 0. The molecule has 2 rings (SSSR count). The number of sulfonamides is 1. The Morgan fingerprint density at radius 1 is 0.884 bits per heavy atom. The van der Waals surface area contributed by atoms with Crippen molar-refractivity contribution in [3.63, 3.8) is 0 Å². The lowest BCUT2D eigenvalue weighted by atomic mass is 10.0. The normalized spacial score (nSPS) is 13.9. The third kappa shape index (κ3) is 13.2. The van der Waals surface area contributed by atoms with Crippen molar-refractivity contribution in [2.75, 3.05) is 40.0 Å². The molecule has 0 saturated heterocycles. The quantitative estimate of drug-likeness (QED) is 0.105. The number of benzene rings is 2. The Bertz CT molecular complexity index is 1200. The summed E-state index contributed by atoms with van der Waals surface area (Å²) in [5.41, 5.74) is 7.71. The molecule has 11 heteroatoms. The van der Waals surface area contributed by atoms with E-state index in [0.717, 1.165) is 44.1 Å². The molecule has 0 spiro atoms. The molecule has 0 amide bonds. The smallest absolute Gasteiger partial charge is 0.353 e. The number of nitrogens with two attached hydrogens (primary N) is 1. The van der Waals surface area contributed by atoms with E-state index in [9.17, 15) is 13.0 Å². The van der Waals surface area contributed by atoms with Crippen LogP contribution in [0.4, 0.5) is 0 Å². The molecule has 43 heavy (non-hydrogen) atoms. The first-order valence-electron chi connectivity index (χ1n) is 15.3. The highest BCUT2D eigenvalue weighted by molar-refractivity contribution is 7.89. The van der Waals surface area contributed by atoms with E-state index in [4.69, 9.17) is 24.3 Å². The molecule has 0 saturated carbocycles. The maximum atomic E-state index is 14.0. The molecule has 0 fully saturated rings. The topological polar surface area (TPSA) is 117 Å². The Balaban J connectivity index is 2.39. The van der Waals surface area contributed by atoms with Gasteiger partial charge in [-0.15, -0.1) is 0 Å². The van der Waals surface area contributed by atoms with Gasteiger partial charge in [-0.25, -0.2) is 8.42 Å². The van der Waals surface area contributed by atoms with Crippen LogP contribution in [0.15, 0.2) is 71.4 Å². The number of hydrogen-bond acceptors (Lipinski definition) is 8. The van der Waals surface area contributed by atoms with Gasteiger partial charge in [-0.1, -0.05) is 76.4 Å². The molecule has 0 bridgehead atoms. The number of nitrogens with zero attached hydrogens (tertiary/aromatic N) is 1. The van der Waals surface area contributed by atoms with Gasteiger partial charge in [-0.05, 0) is 55.5 Å². The van der Waals surface area contributed by atoms with Crippen molar-refractivity contribution in [3.05, 3.63) is 72.1 Å². The van der Waals surface area contributed by atoms with Crippen LogP contribution in [-0.2, 0) is 34.8 Å². The van der Waals surface area contributed by atoms with Crippen molar-refractivity contribution in [3.8, 4) is 5.75 Å². The van der Waals surface area contributed by atoms with Gasteiger partial charge in [0, 0.05) is 31.6 Å². The lowest BCUT2D eigenvalue weighted by molar-refractivity contribution is 0.0235. The Morgan fingerprint density at radius 2 is 1.47 bits per heavy atom. The van der Waals surface area contributed by atoms with Crippen LogP contribution in [0.1, 0.15) is 64.9 Å².